The number of hydrogen-bond donors (Lipinski definition) is 0. The Labute approximate surface area is 96.2 Å². The van der Waals surface area contributed by atoms with Crippen LogP contribution in [0.15, 0.2) is 18.5 Å². The van der Waals surface area contributed by atoms with Crippen LogP contribution in [0.2, 0.25) is 0 Å². The molecule has 1 unspecified atom stereocenters. The molecule has 0 radical (unpaired) electrons. The fraction of sp³-hybridized carbons (Fsp3) is 0.583. The number of aromatic nitrogens is 1. The lowest BCUT2D eigenvalue weighted by molar-refractivity contribution is 0.197. The van der Waals surface area contributed by atoms with E-state index in [0.717, 1.165) is 18.1 Å². The van der Waals surface area contributed by atoms with Gasteiger partial charge in [0, 0.05) is 12.1 Å². The van der Waals surface area contributed by atoms with Crippen LogP contribution in [0.3, 0.4) is 0 Å². The van der Waals surface area contributed by atoms with E-state index < -0.39 is 0 Å². The maximum atomic E-state index is 5.72. The van der Waals surface area contributed by atoms with E-state index in [-0.39, 0.29) is 0 Å². The molecule has 1 fully saturated rings. The minimum Gasteiger partial charge on any atom is -0.495 e. The number of likely N-dealkylation sites (N-methyl/N-ethyl adjacent to an activating group) is 1. The van der Waals surface area contributed by atoms with Gasteiger partial charge >= 0.3 is 0 Å². The number of likely N-dealkylation sites (tertiary alicyclic amines) is 1. The summed E-state index contributed by atoms with van der Waals surface area (Å²) in [5, 5.41) is 0. The van der Waals surface area contributed by atoms with Crippen molar-refractivity contribution in [2.45, 2.75) is 18.9 Å². The molecular weight excluding hydrogens is 204 g/mol. The lowest BCUT2D eigenvalue weighted by Crippen LogP contribution is -2.30. The predicted octanol–water partition coefficient (Wildman–Crippen LogP) is 1.56. The van der Waals surface area contributed by atoms with Crippen LogP contribution >= 0.6 is 0 Å². The number of hydrogen-bond acceptors (Lipinski definition) is 4. The van der Waals surface area contributed by atoms with E-state index in [2.05, 4.69) is 16.9 Å². The Morgan fingerprint density at radius 3 is 2.94 bits per heavy atom. The zero-order valence-corrected chi connectivity index (χ0v) is 9.85. The Morgan fingerprint density at radius 1 is 1.44 bits per heavy atom. The molecule has 1 aromatic rings. The maximum absolute atomic E-state index is 5.72. The van der Waals surface area contributed by atoms with Crippen LogP contribution in [0.4, 0.5) is 0 Å². The standard InChI is InChI=1S/C12H18N2O2/c1-14-5-3-4-10(14)9-16-12-6-11(15-2)7-13-8-12/h6-8,10H,3-5,9H2,1-2H3. The van der Waals surface area contributed by atoms with E-state index in [0.29, 0.717) is 6.04 Å². The Hall–Kier alpha value is -1.29. The van der Waals surface area contributed by atoms with E-state index in [1.807, 2.05) is 6.07 Å². The van der Waals surface area contributed by atoms with Crippen LogP contribution in [-0.2, 0) is 0 Å². The molecule has 16 heavy (non-hydrogen) atoms. The summed E-state index contributed by atoms with van der Waals surface area (Å²) in [6, 6.07) is 2.40. The van der Waals surface area contributed by atoms with Gasteiger partial charge in [0.25, 0.3) is 0 Å². The number of nitrogens with zero attached hydrogens (tertiary/aromatic N) is 2. The van der Waals surface area contributed by atoms with Crippen LogP contribution in [0.1, 0.15) is 12.8 Å². The van der Waals surface area contributed by atoms with Gasteiger partial charge in [-0.2, -0.15) is 0 Å². The average molecular weight is 222 g/mol. The molecule has 1 saturated heterocycles. The van der Waals surface area contributed by atoms with Crippen molar-refractivity contribution in [3.05, 3.63) is 18.5 Å². The largest absolute Gasteiger partial charge is 0.495 e. The Bertz CT molecular complexity index is 344. The summed E-state index contributed by atoms with van der Waals surface area (Å²) in [6.07, 6.45) is 5.88. The highest BCUT2D eigenvalue weighted by atomic mass is 16.5. The molecule has 0 aliphatic carbocycles. The average Bonchev–Trinajstić information content (AvgIpc) is 2.72. The molecule has 2 rings (SSSR count). The molecule has 1 aliphatic heterocycles. The van der Waals surface area contributed by atoms with Crippen molar-refractivity contribution >= 4 is 0 Å². The van der Waals surface area contributed by atoms with Gasteiger partial charge in [-0.1, -0.05) is 0 Å². The first-order chi connectivity index (χ1) is 7.79. The highest BCUT2D eigenvalue weighted by Gasteiger charge is 2.21. The molecule has 1 aliphatic rings. The first-order valence-corrected chi connectivity index (χ1v) is 5.61. The maximum Gasteiger partial charge on any atom is 0.141 e. The number of pyridine rings is 1. The fourth-order valence-electron chi connectivity index (χ4n) is 1.97. The van der Waals surface area contributed by atoms with Gasteiger partial charge in [0.2, 0.25) is 0 Å². The first kappa shape index (κ1) is 11.2. The Morgan fingerprint density at radius 2 is 2.25 bits per heavy atom. The van der Waals surface area contributed by atoms with Crippen molar-refractivity contribution in [3.63, 3.8) is 0 Å². The van der Waals surface area contributed by atoms with Gasteiger partial charge in [0.05, 0.1) is 19.5 Å². The van der Waals surface area contributed by atoms with Crippen molar-refractivity contribution in [3.8, 4) is 11.5 Å². The fourth-order valence-corrected chi connectivity index (χ4v) is 1.97. The van der Waals surface area contributed by atoms with E-state index in [1.54, 1.807) is 19.5 Å². The van der Waals surface area contributed by atoms with E-state index in [9.17, 15) is 0 Å². The molecule has 0 spiro atoms. The van der Waals surface area contributed by atoms with Crippen molar-refractivity contribution in [1.29, 1.82) is 0 Å². The van der Waals surface area contributed by atoms with Crippen LogP contribution in [0, 0.1) is 0 Å². The summed E-state index contributed by atoms with van der Waals surface area (Å²) in [6.45, 7) is 1.90. The summed E-state index contributed by atoms with van der Waals surface area (Å²) in [4.78, 5) is 6.40. The topological polar surface area (TPSA) is 34.6 Å². The molecule has 88 valence electrons. The molecule has 0 saturated carbocycles. The molecule has 4 nitrogen and oxygen atoms in total. The van der Waals surface area contributed by atoms with E-state index >= 15 is 0 Å². The van der Waals surface area contributed by atoms with Gasteiger partial charge in [-0.05, 0) is 26.4 Å². The van der Waals surface area contributed by atoms with Crippen molar-refractivity contribution in [2.24, 2.45) is 0 Å². The molecule has 1 atom stereocenters. The van der Waals surface area contributed by atoms with Gasteiger partial charge in [-0.15, -0.1) is 0 Å². The minimum absolute atomic E-state index is 0.534. The lowest BCUT2D eigenvalue weighted by atomic mass is 10.2. The van der Waals surface area contributed by atoms with E-state index in [4.69, 9.17) is 9.47 Å². The molecule has 2 heterocycles. The normalized spacial score (nSPS) is 21.0. The third-order valence-electron chi connectivity index (χ3n) is 3.04. The summed E-state index contributed by atoms with van der Waals surface area (Å²) >= 11 is 0. The van der Waals surface area contributed by atoms with Gasteiger partial charge in [-0.25, -0.2) is 0 Å². The van der Waals surface area contributed by atoms with Crippen LogP contribution in [-0.4, -0.2) is 43.2 Å². The van der Waals surface area contributed by atoms with Crippen LogP contribution in [0.5, 0.6) is 11.5 Å². The van der Waals surface area contributed by atoms with Crippen LogP contribution in [0.25, 0.3) is 0 Å². The predicted molar refractivity (Wildman–Crippen MR) is 61.9 cm³/mol. The summed E-state index contributed by atoms with van der Waals surface area (Å²) in [5.41, 5.74) is 0. The quantitative estimate of drug-likeness (QED) is 0.774. The van der Waals surface area contributed by atoms with E-state index in [1.165, 1.54) is 19.4 Å². The SMILES string of the molecule is COc1cncc(OCC2CCCN2C)c1. The monoisotopic (exact) mass is 222 g/mol. The van der Waals surface area contributed by atoms with Gasteiger partial charge in [-0.3, -0.25) is 4.98 Å². The van der Waals surface area contributed by atoms with Gasteiger partial charge < -0.3 is 14.4 Å². The smallest absolute Gasteiger partial charge is 0.141 e. The summed E-state index contributed by atoms with van der Waals surface area (Å²) in [5.74, 6) is 1.51. The van der Waals surface area contributed by atoms with Crippen molar-refractivity contribution in [1.82, 2.24) is 9.88 Å². The molecule has 1 aromatic heterocycles. The minimum atomic E-state index is 0.534. The van der Waals surface area contributed by atoms with Crippen molar-refractivity contribution in [2.75, 3.05) is 27.3 Å². The van der Waals surface area contributed by atoms with Gasteiger partial charge in [0.15, 0.2) is 0 Å². The third-order valence-corrected chi connectivity index (χ3v) is 3.04. The number of ether oxygens (including phenoxy) is 2. The molecule has 0 N–H and O–H groups in total. The van der Waals surface area contributed by atoms with Gasteiger partial charge in [0.1, 0.15) is 18.1 Å². The summed E-state index contributed by atoms with van der Waals surface area (Å²) < 4.78 is 10.8. The Balaban J connectivity index is 1.88. The molecule has 0 bridgehead atoms. The number of methoxy groups -OCH3 is 1. The second-order valence-electron chi connectivity index (χ2n) is 4.15. The zero-order chi connectivity index (χ0) is 11.4. The highest BCUT2D eigenvalue weighted by molar-refractivity contribution is 5.28. The highest BCUT2D eigenvalue weighted by Crippen LogP contribution is 2.19. The molecule has 0 amide bonds. The molecular formula is C12H18N2O2. The third kappa shape index (κ3) is 2.64. The number of rotatable bonds is 4. The Kier molecular flexibility index (Phi) is 3.62. The van der Waals surface area contributed by atoms with Crippen LogP contribution < -0.4 is 9.47 Å². The zero-order valence-electron chi connectivity index (χ0n) is 9.85. The second-order valence-corrected chi connectivity index (χ2v) is 4.15. The lowest BCUT2D eigenvalue weighted by Gasteiger charge is -2.19. The first-order valence-electron chi connectivity index (χ1n) is 5.61. The van der Waals surface area contributed by atoms with Crippen molar-refractivity contribution < 1.29 is 9.47 Å². The summed E-state index contributed by atoms with van der Waals surface area (Å²) in [7, 11) is 3.77. The molecule has 0 aromatic carbocycles. The second kappa shape index (κ2) is 5.16. The molecule has 4 heteroatoms.